The van der Waals surface area contributed by atoms with Crippen LogP contribution in [0.2, 0.25) is 0 Å². The first-order chi connectivity index (χ1) is 5.61. The third-order valence-corrected chi connectivity index (χ3v) is 3.65. The van der Waals surface area contributed by atoms with Crippen LogP contribution in [-0.4, -0.2) is 4.98 Å². The van der Waals surface area contributed by atoms with Crippen LogP contribution in [0.15, 0.2) is 22.9 Å². The van der Waals surface area contributed by atoms with Gasteiger partial charge in [-0.1, -0.05) is 29.8 Å². The van der Waals surface area contributed by atoms with Gasteiger partial charge in [-0.3, -0.25) is 4.98 Å². The first-order valence-electron chi connectivity index (χ1n) is 3.86. The molecule has 1 aromatic rings. The highest BCUT2D eigenvalue weighted by Gasteiger charge is 2.11. The molecule has 66 valence electrons. The third-order valence-electron chi connectivity index (χ3n) is 1.63. The molecule has 0 aromatic carbocycles. The molecule has 1 heterocycles. The maximum Gasteiger partial charge on any atom is 0.0433 e. The Morgan fingerprint density at radius 1 is 1.33 bits per heavy atom. The van der Waals surface area contributed by atoms with Crippen molar-refractivity contribution in [3.8, 4) is 0 Å². The van der Waals surface area contributed by atoms with E-state index in [1.165, 1.54) is 5.56 Å². The molecule has 0 unspecified atom stereocenters. The van der Waals surface area contributed by atoms with E-state index in [9.17, 15) is 0 Å². The maximum absolute atomic E-state index is 4.11. The number of hydrogen-bond donors (Lipinski definition) is 0. The Morgan fingerprint density at radius 3 is 2.50 bits per heavy atom. The lowest BCUT2D eigenvalue weighted by molar-refractivity contribution is 0.639. The van der Waals surface area contributed by atoms with E-state index < -0.39 is 0 Å². The van der Waals surface area contributed by atoms with E-state index in [4.69, 9.17) is 0 Å². The predicted molar refractivity (Wildman–Crippen MR) is 58.4 cm³/mol. The zero-order chi connectivity index (χ0) is 9.14. The predicted octanol–water partition coefficient (Wildman–Crippen LogP) is 3.94. The highest BCUT2D eigenvalue weighted by molar-refractivity contribution is 9.10. The van der Waals surface area contributed by atoms with Crippen molar-refractivity contribution >= 4 is 31.9 Å². The fraction of sp³-hybridized carbons (Fsp3) is 0.444. The van der Waals surface area contributed by atoms with Gasteiger partial charge in [0.05, 0.1) is 0 Å². The summed E-state index contributed by atoms with van der Waals surface area (Å²) in [7, 11) is 0. The summed E-state index contributed by atoms with van der Waals surface area (Å²) in [6, 6.07) is 2.09. The summed E-state index contributed by atoms with van der Waals surface area (Å²) < 4.78 is 1.03. The lowest BCUT2D eigenvalue weighted by Gasteiger charge is -2.13. The van der Waals surface area contributed by atoms with Crippen molar-refractivity contribution in [2.75, 3.05) is 0 Å². The molecule has 0 aliphatic carbocycles. The number of hydrogen-bond acceptors (Lipinski definition) is 1. The van der Waals surface area contributed by atoms with Crippen LogP contribution < -0.4 is 0 Å². The number of nitrogens with zero attached hydrogens (tertiary/aromatic N) is 1. The van der Waals surface area contributed by atoms with Crippen molar-refractivity contribution in [2.45, 2.75) is 18.7 Å². The van der Waals surface area contributed by atoms with Crippen molar-refractivity contribution in [1.82, 2.24) is 4.98 Å². The zero-order valence-corrected chi connectivity index (χ0v) is 10.3. The Morgan fingerprint density at radius 2 is 2.00 bits per heavy atom. The van der Waals surface area contributed by atoms with E-state index in [0.717, 1.165) is 4.47 Å². The SMILES string of the molecule is CC(C)[C@H](Br)c1cncc(Br)c1. The van der Waals surface area contributed by atoms with E-state index in [0.29, 0.717) is 10.7 Å². The molecule has 1 aromatic heterocycles. The molecule has 0 bridgehead atoms. The van der Waals surface area contributed by atoms with Crippen LogP contribution in [0.3, 0.4) is 0 Å². The fourth-order valence-corrected chi connectivity index (χ4v) is 1.60. The van der Waals surface area contributed by atoms with Gasteiger partial charge in [-0.25, -0.2) is 0 Å². The van der Waals surface area contributed by atoms with Gasteiger partial charge in [0.15, 0.2) is 0 Å². The van der Waals surface area contributed by atoms with Gasteiger partial charge >= 0.3 is 0 Å². The first-order valence-corrected chi connectivity index (χ1v) is 5.56. The van der Waals surface area contributed by atoms with Gasteiger partial charge < -0.3 is 0 Å². The number of rotatable bonds is 2. The second-order valence-corrected chi connectivity index (χ2v) is 4.98. The highest BCUT2D eigenvalue weighted by atomic mass is 79.9. The molecule has 0 spiro atoms. The van der Waals surface area contributed by atoms with Crippen molar-refractivity contribution in [3.05, 3.63) is 28.5 Å². The van der Waals surface area contributed by atoms with E-state index in [-0.39, 0.29) is 0 Å². The second-order valence-electron chi connectivity index (χ2n) is 3.08. The van der Waals surface area contributed by atoms with Crippen LogP contribution in [0.25, 0.3) is 0 Å². The van der Waals surface area contributed by atoms with Crippen LogP contribution >= 0.6 is 31.9 Å². The van der Waals surface area contributed by atoms with Crippen LogP contribution in [-0.2, 0) is 0 Å². The molecule has 0 saturated heterocycles. The minimum absolute atomic E-state index is 0.391. The molecule has 1 atom stereocenters. The molecule has 0 aliphatic heterocycles. The zero-order valence-electron chi connectivity index (χ0n) is 7.09. The lowest BCUT2D eigenvalue weighted by Crippen LogP contribution is -1.98. The topological polar surface area (TPSA) is 12.9 Å². The van der Waals surface area contributed by atoms with Gasteiger partial charge in [0.25, 0.3) is 0 Å². The van der Waals surface area contributed by atoms with Crippen LogP contribution in [0.5, 0.6) is 0 Å². The minimum atomic E-state index is 0.391. The van der Waals surface area contributed by atoms with Gasteiger partial charge in [0, 0.05) is 21.7 Å². The molecular weight excluding hydrogens is 282 g/mol. The number of aromatic nitrogens is 1. The normalized spacial score (nSPS) is 13.4. The van der Waals surface area contributed by atoms with Crippen LogP contribution in [0.4, 0.5) is 0 Å². The Balaban J connectivity index is 2.88. The molecule has 0 saturated carbocycles. The molecule has 0 fully saturated rings. The summed E-state index contributed by atoms with van der Waals surface area (Å²) in [5.41, 5.74) is 1.22. The highest BCUT2D eigenvalue weighted by Crippen LogP contribution is 2.30. The van der Waals surface area contributed by atoms with E-state index >= 15 is 0 Å². The van der Waals surface area contributed by atoms with Crippen LogP contribution in [0.1, 0.15) is 24.2 Å². The lowest BCUT2D eigenvalue weighted by atomic mass is 10.1. The fourth-order valence-electron chi connectivity index (χ4n) is 0.964. The van der Waals surface area contributed by atoms with Crippen molar-refractivity contribution in [1.29, 1.82) is 0 Å². The van der Waals surface area contributed by atoms with Crippen molar-refractivity contribution in [2.24, 2.45) is 5.92 Å². The van der Waals surface area contributed by atoms with Crippen LogP contribution in [0, 0.1) is 5.92 Å². The van der Waals surface area contributed by atoms with E-state index in [2.05, 4.69) is 56.8 Å². The van der Waals surface area contributed by atoms with Gasteiger partial charge in [0.2, 0.25) is 0 Å². The second kappa shape index (κ2) is 4.38. The third kappa shape index (κ3) is 2.56. The monoisotopic (exact) mass is 291 g/mol. The van der Waals surface area contributed by atoms with Crippen molar-refractivity contribution in [3.63, 3.8) is 0 Å². The number of pyridine rings is 1. The summed E-state index contributed by atoms with van der Waals surface area (Å²) in [5, 5.41) is 0. The Bertz CT molecular complexity index is 260. The average molecular weight is 293 g/mol. The summed E-state index contributed by atoms with van der Waals surface area (Å²) in [6.45, 7) is 4.36. The molecule has 0 aliphatic rings. The maximum atomic E-state index is 4.11. The van der Waals surface area contributed by atoms with E-state index in [1.807, 2.05) is 6.20 Å². The minimum Gasteiger partial charge on any atom is -0.263 e. The average Bonchev–Trinajstić information content (AvgIpc) is 2.03. The quantitative estimate of drug-likeness (QED) is 0.753. The first kappa shape index (κ1) is 10.2. The smallest absolute Gasteiger partial charge is 0.0433 e. The Hall–Kier alpha value is 0.110. The molecule has 0 radical (unpaired) electrons. The molecule has 3 heteroatoms. The van der Waals surface area contributed by atoms with Gasteiger partial charge in [-0.05, 0) is 33.5 Å². The van der Waals surface area contributed by atoms with E-state index in [1.54, 1.807) is 6.20 Å². The van der Waals surface area contributed by atoms with Crippen molar-refractivity contribution < 1.29 is 0 Å². The molecule has 1 nitrogen and oxygen atoms in total. The summed E-state index contributed by atoms with van der Waals surface area (Å²) in [4.78, 5) is 4.50. The van der Waals surface area contributed by atoms with Gasteiger partial charge in [-0.2, -0.15) is 0 Å². The summed E-state index contributed by atoms with van der Waals surface area (Å²) in [6.07, 6.45) is 3.69. The number of halogens is 2. The van der Waals surface area contributed by atoms with Gasteiger partial charge in [0.1, 0.15) is 0 Å². The van der Waals surface area contributed by atoms with Gasteiger partial charge in [-0.15, -0.1) is 0 Å². The Kier molecular flexibility index (Phi) is 3.72. The Labute approximate surface area is 89.8 Å². The molecule has 12 heavy (non-hydrogen) atoms. The molecule has 0 N–H and O–H groups in total. The molecule has 0 amide bonds. The summed E-state index contributed by atoms with van der Waals surface area (Å²) in [5.74, 6) is 0.584. The molecular formula is C9H11Br2N. The molecule has 1 rings (SSSR count). The summed E-state index contributed by atoms with van der Waals surface area (Å²) >= 11 is 7.02. The largest absolute Gasteiger partial charge is 0.263 e. The number of alkyl halides is 1. The standard InChI is InChI=1S/C9H11Br2N/c1-6(2)9(11)7-3-8(10)5-12-4-7/h3-6,9H,1-2H3/t9-/m0/s1.